The molecule has 0 radical (unpaired) electrons. The van der Waals surface area contributed by atoms with Crippen LogP contribution in [0.25, 0.3) is 10.9 Å². The molecule has 6 nitrogen and oxygen atoms in total. The van der Waals surface area contributed by atoms with Gasteiger partial charge in [0.05, 0.1) is 0 Å². The van der Waals surface area contributed by atoms with Crippen molar-refractivity contribution in [3.8, 4) is 0 Å². The van der Waals surface area contributed by atoms with Gasteiger partial charge in [-0.15, -0.1) is 0 Å². The van der Waals surface area contributed by atoms with Crippen LogP contribution in [0.5, 0.6) is 0 Å². The number of likely N-dealkylation sites (tertiary alicyclic amines) is 1. The van der Waals surface area contributed by atoms with Gasteiger partial charge in [0.15, 0.2) is 0 Å². The second-order valence-electron chi connectivity index (χ2n) is 8.22. The molecule has 3 heterocycles. The van der Waals surface area contributed by atoms with Crippen molar-refractivity contribution < 1.29 is 14.0 Å². The molecule has 2 aromatic carbocycles. The van der Waals surface area contributed by atoms with E-state index < -0.39 is 6.04 Å². The highest BCUT2D eigenvalue weighted by Crippen LogP contribution is 2.27. The molecule has 2 amide bonds. The van der Waals surface area contributed by atoms with Crippen LogP contribution < -0.4 is 4.90 Å². The fourth-order valence-corrected chi connectivity index (χ4v) is 4.68. The zero-order valence-electron chi connectivity index (χ0n) is 17.3. The number of rotatable bonds is 4. The standard InChI is InChI=1S/C24H25FN4O2/c25-18-5-7-19(8-6-18)27-11-13-28(14-12-27)24(31)22-9-10-23(30)29(22)16-17-15-26-21-4-2-1-3-20(17)21/h1-8,15,22,26H,9-14,16H2. The summed E-state index contributed by atoms with van der Waals surface area (Å²) < 4.78 is 13.2. The summed E-state index contributed by atoms with van der Waals surface area (Å²) in [7, 11) is 0. The Bertz CT molecular complexity index is 1100. The Morgan fingerprint density at radius 2 is 1.77 bits per heavy atom. The van der Waals surface area contributed by atoms with E-state index in [1.54, 1.807) is 17.0 Å². The Labute approximate surface area is 180 Å². The van der Waals surface area contributed by atoms with Gasteiger partial charge in [0.1, 0.15) is 11.9 Å². The van der Waals surface area contributed by atoms with Crippen LogP contribution in [-0.4, -0.2) is 58.8 Å². The van der Waals surface area contributed by atoms with Gasteiger partial charge >= 0.3 is 0 Å². The number of anilines is 1. The van der Waals surface area contributed by atoms with Gasteiger partial charge in [-0.25, -0.2) is 4.39 Å². The minimum absolute atomic E-state index is 0.0319. The van der Waals surface area contributed by atoms with Gasteiger partial charge in [-0.2, -0.15) is 0 Å². The average Bonchev–Trinajstić information content (AvgIpc) is 3.38. The maximum atomic E-state index is 13.3. The monoisotopic (exact) mass is 420 g/mol. The largest absolute Gasteiger partial charge is 0.368 e. The van der Waals surface area contributed by atoms with E-state index in [1.807, 2.05) is 35.4 Å². The van der Waals surface area contributed by atoms with Crippen molar-refractivity contribution in [2.24, 2.45) is 0 Å². The average molecular weight is 420 g/mol. The topological polar surface area (TPSA) is 59.7 Å². The van der Waals surface area contributed by atoms with Crippen molar-refractivity contribution in [2.45, 2.75) is 25.4 Å². The molecule has 31 heavy (non-hydrogen) atoms. The Kier molecular flexibility index (Phi) is 5.10. The molecule has 1 atom stereocenters. The summed E-state index contributed by atoms with van der Waals surface area (Å²) in [5, 5.41) is 1.08. The van der Waals surface area contributed by atoms with E-state index in [1.165, 1.54) is 12.1 Å². The summed E-state index contributed by atoms with van der Waals surface area (Å²) >= 11 is 0. The Morgan fingerprint density at radius 3 is 2.55 bits per heavy atom. The molecule has 0 bridgehead atoms. The number of carbonyl (C=O) groups is 2. The minimum atomic E-state index is -0.404. The third-order valence-corrected chi connectivity index (χ3v) is 6.41. The first-order chi connectivity index (χ1) is 15.1. The van der Waals surface area contributed by atoms with Crippen molar-refractivity contribution in [1.82, 2.24) is 14.8 Å². The Morgan fingerprint density at radius 1 is 1.03 bits per heavy atom. The maximum absolute atomic E-state index is 13.3. The van der Waals surface area contributed by atoms with Gasteiger partial charge in [-0.1, -0.05) is 18.2 Å². The summed E-state index contributed by atoms with van der Waals surface area (Å²) in [5.41, 5.74) is 3.03. The summed E-state index contributed by atoms with van der Waals surface area (Å²) in [6.07, 6.45) is 2.91. The van der Waals surface area contributed by atoms with Crippen LogP contribution in [0, 0.1) is 5.82 Å². The normalized spacial score (nSPS) is 19.5. The second kappa shape index (κ2) is 8.06. The number of hydrogen-bond donors (Lipinski definition) is 1. The quantitative estimate of drug-likeness (QED) is 0.706. The van der Waals surface area contributed by atoms with Crippen molar-refractivity contribution in [3.63, 3.8) is 0 Å². The van der Waals surface area contributed by atoms with Gasteiger partial charge < -0.3 is 19.7 Å². The second-order valence-corrected chi connectivity index (χ2v) is 8.22. The van der Waals surface area contributed by atoms with E-state index in [9.17, 15) is 14.0 Å². The molecule has 5 rings (SSSR count). The van der Waals surface area contributed by atoms with E-state index in [0.29, 0.717) is 45.6 Å². The lowest BCUT2D eigenvalue weighted by Crippen LogP contribution is -2.54. The lowest BCUT2D eigenvalue weighted by Gasteiger charge is -2.38. The van der Waals surface area contributed by atoms with E-state index in [0.717, 1.165) is 22.2 Å². The fourth-order valence-electron chi connectivity index (χ4n) is 4.68. The number of H-pyrrole nitrogens is 1. The lowest BCUT2D eigenvalue weighted by atomic mass is 10.1. The number of para-hydroxylation sites is 1. The molecule has 3 aromatic rings. The molecule has 0 spiro atoms. The van der Waals surface area contributed by atoms with Crippen LogP contribution in [0.1, 0.15) is 18.4 Å². The Balaban J connectivity index is 1.26. The van der Waals surface area contributed by atoms with Crippen LogP contribution >= 0.6 is 0 Å². The van der Waals surface area contributed by atoms with Crippen LogP contribution in [0.4, 0.5) is 10.1 Å². The molecule has 0 saturated carbocycles. The highest BCUT2D eigenvalue weighted by molar-refractivity contribution is 5.91. The van der Waals surface area contributed by atoms with Crippen LogP contribution in [0.3, 0.4) is 0 Å². The third-order valence-electron chi connectivity index (χ3n) is 6.41. The molecule has 2 aliphatic heterocycles. The smallest absolute Gasteiger partial charge is 0.245 e. The summed E-state index contributed by atoms with van der Waals surface area (Å²) in [4.78, 5) is 34.9. The lowest BCUT2D eigenvalue weighted by molar-refractivity contribution is -0.142. The number of piperazine rings is 1. The number of hydrogen-bond acceptors (Lipinski definition) is 3. The van der Waals surface area contributed by atoms with Crippen molar-refractivity contribution in [1.29, 1.82) is 0 Å². The number of aromatic amines is 1. The maximum Gasteiger partial charge on any atom is 0.245 e. The van der Waals surface area contributed by atoms with Crippen LogP contribution in [0.15, 0.2) is 54.7 Å². The van der Waals surface area contributed by atoms with E-state index in [4.69, 9.17) is 0 Å². The van der Waals surface area contributed by atoms with E-state index >= 15 is 0 Å². The first-order valence-electron chi connectivity index (χ1n) is 10.7. The first kappa shape index (κ1) is 19.6. The number of amides is 2. The predicted molar refractivity (Wildman–Crippen MR) is 117 cm³/mol. The van der Waals surface area contributed by atoms with E-state index in [-0.39, 0.29) is 17.6 Å². The number of aromatic nitrogens is 1. The summed E-state index contributed by atoms with van der Waals surface area (Å²) in [6, 6.07) is 14.0. The zero-order valence-corrected chi connectivity index (χ0v) is 17.3. The molecule has 160 valence electrons. The minimum Gasteiger partial charge on any atom is -0.368 e. The van der Waals surface area contributed by atoms with Gasteiger partial charge in [-0.3, -0.25) is 9.59 Å². The molecule has 1 unspecified atom stereocenters. The van der Waals surface area contributed by atoms with Crippen molar-refractivity contribution >= 4 is 28.4 Å². The molecule has 1 N–H and O–H groups in total. The number of nitrogens with zero attached hydrogens (tertiary/aromatic N) is 3. The third kappa shape index (κ3) is 3.76. The van der Waals surface area contributed by atoms with Crippen molar-refractivity contribution in [3.05, 3.63) is 66.1 Å². The summed E-state index contributed by atoms with van der Waals surface area (Å²) in [6.45, 7) is 3.03. The number of fused-ring (bicyclic) bond motifs is 1. The molecular formula is C24H25FN4O2. The number of benzene rings is 2. The molecule has 2 fully saturated rings. The van der Waals surface area contributed by atoms with Gasteiger partial charge in [-0.05, 0) is 42.3 Å². The van der Waals surface area contributed by atoms with Crippen LogP contribution in [-0.2, 0) is 16.1 Å². The fraction of sp³-hybridized carbons (Fsp3) is 0.333. The molecule has 7 heteroatoms. The number of halogens is 1. The zero-order chi connectivity index (χ0) is 21.4. The molecule has 2 saturated heterocycles. The van der Waals surface area contributed by atoms with Gasteiger partial charge in [0.2, 0.25) is 11.8 Å². The number of carbonyl (C=O) groups excluding carboxylic acids is 2. The van der Waals surface area contributed by atoms with Gasteiger partial charge in [0.25, 0.3) is 0 Å². The van der Waals surface area contributed by atoms with Crippen LogP contribution in [0.2, 0.25) is 0 Å². The first-order valence-corrected chi connectivity index (χ1v) is 10.7. The number of nitrogens with one attached hydrogen (secondary N) is 1. The Hall–Kier alpha value is -3.35. The highest BCUT2D eigenvalue weighted by atomic mass is 19.1. The molecular weight excluding hydrogens is 395 g/mol. The molecule has 2 aliphatic rings. The SMILES string of the molecule is O=C(C1CCC(=O)N1Cc1c[nH]c2ccccc12)N1CCN(c2ccc(F)cc2)CC1. The molecule has 1 aromatic heterocycles. The van der Waals surface area contributed by atoms with E-state index in [2.05, 4.69) is 9.88 Å². The van der Waals surface area contributed by atoms with Gasteiger partial charge in [0, 0.05) is 61.9 Å². The summed E-state index contributed by atoms with van der Waals surface area (Å²) in [5.74, 6) is -0.184. The highest BCUT2D eigenvalue weighted by Gasteiger charge is 2.39. The predicted octanol–water partition coefficient (Wildman–Crippen LogP) is 3.15. The molecule has 0 aliphatic carbocycles. The van der Waals surface area contributed by atoms with Crippen molar-refractivity contribution in [2.75, 3.05) is 31.1 Å².